The second kappa shape index (κ2) is 7.91. The van der Waals surface area contributed by atoms with Gasteiger partial charge in [0.2, 0.25) is 5.89 Å². The lowest BCUT2D eigenvalue weighted by molar-refractivity contribution is -0.123. The second-order valence-corrected chi connectivity index (χ2v) is 4.93. The molecule has 2 aromatic heterocycles. The molecule has 128 valence electrons. The van der Waals surface area contributed by atoms with Gasteiger partial charge in [-0.1, -0.05) is 18.2 Å². The normalized spacial score (nSPS) is 10.3. The number of rotatable bonds is 7. The van der Waals surface area contributed by atoms with Crippen molar-refractivity contribution >= 4 is 5.91 Å². The Hall–Kier alpha value is -3.42. The van der Waals surface area contributed by atoms with E-state index in [0.717, 1.165) is 0 Å². The van der Waals surface area contributed by atoms with E-state index in [1.807, 2.05) is 12.1 Å². The molecule has 3 rings (SSSR count). The Bertz CT molecular complexity index is 835. The molecule has 0 saturated heterocycles. The SMILES string of the molecule is COc1ccccc1OCC(=O)NCc1nnc(-c2ccccn2)o1. The Balaban J connectivity index is 1.50. The molecule has 8 heteroatoms. The van der Waals surface area contributed by atoms with Crippen LogP contribution in [0.1, 0.15) is 5.89 Å². The molecule has 3 aromatic rings. The van der Waals surface area contributed by atoms with Crippen LogP contribution in [0.15, 0.2) is 53.1 Å². The van der Waals surface area contributed by atoms with Gasteiger partial charge in [0.05, 0.1) is 13.7 Å². The first-order valence-electron chi connectivity index (χ1n) is 7.52. The summed E-state index contributed by atoms with van der Waals surface area (Å²) in [6.45, 7) is -0.0461. The predicted octanol–water partition coefficient (Wildman–Crippen LogP) is 1.84. The van der Waals surface area contributed by atoms with E-state index in [0.29, 0.717) is 23.1 Å². The van der Waals surface area contributed by atoms with Gasteiger partial charge in [0.15, 0.2) is 18.1 Å². The summed E-state index contributed by atoms with van der Waals surface area (Å²) >= 11 is 0. The minimum absolute atomic E-state index is 0.105. The summed E-state index contributed by atoms with van der Waals surface area (Å²) in [5.41, 5.74) is 0.576. The van der Waals surface area contributed by atoms with Crippen molar-refractivity contribution in [1.82, 2.24) is 20.5 Å². The first kappa shape index (κ1) is 16.4. The minimum Gasteiger partial charge on any atom is -0.493 e. The zero-order valence-corrected chi connectivity index (χ0v) is 13.5. The van der Waals surface area contributed by atoms with Crippen molar-refractivity contribution in [2.24, 2.45) is 0 Å². The number of carbonyl (C=O) groups is 1. The maximum absolute atomic E-state index is 11.9. The van der Waals surface area contributed by atoms with E-state index in [4.69, 9.17) is 13.9 Å². The summed E-state index contributed by atoms with van der Waals surface area (Å²) in [6.07, 6.45) is 1.64. The Morgan fingerprint density at radius 2 is 1.92 bits per heavy atom. The number of amides is 1. The molecule has 0 atom stereocenters. The number of benzene rings is 1. The van der Waals surface area contributed by atoms with Crippen molar-refractivity contribution in [3.63, 3.8) is 0 Å². The van der Waals surface area contributed by atoms with Crippen molar-refractivity contribution in [3.05, 3.63) is 54.6 Å². The average molecular weight is 340 g/mol. The van der Waals surface area contributed by atoms with E-state index in [1.54, 1.807) is 36.5 Å². The fourth-order valence-electron chi connectivity index (χ4n) is 2.02. The van der Waals surface area contributed by atoms with E-state index < -0.39 is 0 Å². The van der Waals surface area contributed by atoms with Gasteiger partial charge in [-0.25, -0.2) is 0 Å². The fraction of sp³-hybridized carbons (Fsp3) is 0.176. The van der Waals surface area contributed by atoms with Crippen LogP contribution in [0.25, 0.3) is 11.6 Å². The zero-order chi connectivity index (χ0) is 17.5. The highest BCUT2D eigenvalue weighted by molar-refractivity contribution is 5.77. The van der Waals surface area contributed by atoms with Crippen LogP contribution in [0.4, 0.5) is 0 Å². The molecule has 1 aromatic carbocycles. The standard InChI is InChI=1S/C17H16N4O4/c1-23-13-7-2-3-8-14(13)24-11-15(22)19-10-16-20-21-17(25-16)12-6-4-5-9-18-12/h2-9H,10-11H2,1H3,(H,19,22). The van der Waals surface area contributed by atoms with E-state index in [2.05, 4.69) is 20.5 Å². The van der Waals surface area contributed by atoms with E-state index >= 15 is 0 Å². The third-order valence-corrected chi connectivity index (χ3v) is 3.22. The molecule has 25 heavy (non-hydrogen) atoms. The van der Waals surface area contributed by atoms with Crippen molar-refractivity contribution < 1.29 is 18.7 Å². The lowest BCUT2D eigenvalue weighted by Crippen LogP contribution is -2.28. The predicted molar refractivity (Wildman–Crippen MR) is 87.9 cm³/mol. The molecule has 0 fully saturated rings. The Labute approximate surface area is 143 Å². The topological polar surface area (TPSA) is 99.4 Å². The first-order valence-corrected chi connectivity index (χ1v) is 7.52. The van der Waals surface area contributed by atoms with Gasteiger partial charge >= 0.3 is 0 Å². The maximum atomic E-state index is 11.9. The van der Waals surface area contributed by atoms with Crippen LogP contribution in [-0.4, -0.2) is 34.8 Å². The highest BCUT2D eigenvalue weighted by Crippen LogP contribution is 2.25. The molecule has 0 bridgehead atoms. The number of methoxy groups -OCH3 is 1. The van der Waals surface area contributed by atoms with Crippen LogP contribution in [0.2, 0.25) is 0 Å². The van der Waals surface area contributed by atoms with Crippen molar-refractivity contribution in [2.45, 2.75) is 6.54 Å². The molecular weight excluding hydrogens is 324 g/mol. The number of aromatic nitrogens is 3. The minimum atomic E-state index is -0.316. The van der Waals surface area contributed by atoms with Crippen LogP contribution in [0.3, 0.4) is 0 Å². The number of hydrogen-bond acceptors (Lipinski definition) is 7. The van der Waals surface area contributed by atoms with Crippen LogP contribution >= 0.6 is 0 Å². The van der Waals surface area contributed by atoms with E-state index in [1.165, 1.54) is 7.11 Å². The smallest absolute Gasteiger partial charge is 0.266 e. The van der Waals surface area contributed by atoms with Crippen LogP contribution in [0.5, 0.6) is 11.5 Å². The van der Waals surface area contributed by atoms with Crippen molar-refractivity contribution in [3.8, 4) is 23.1 Å². The molecule has 0 saturated carbocycles. The molecule has 1 amide bonds. The lowest BCUT2D eigenvalue weighted by Gasteiger charge is -2.09. The van der Waals surface area contributed by atoms with Crippen LogP contribution < -0.4 is 14.8 Å². The third-order valence-electron chi connectivity index (χ3n) is 3.22. The number of para-hydroxylation sites is 2. The Morgan fingerprint density at radius 3 is 2.68 bits per heavy atom. The van der Waals surface area contributed by atoms with Gasteiger partial charge in [-0.15, -0.1) is 10.2 Å². The molecule has 0 aliphatic carbocycles. The molecule has 8 nitrogen and oxygen atoms in total. The highest BCUT2D eigenvalue weighted by Gasteiger charge is 2.11. The molecule has 0 radical (unpaired) electrons. The monoisotopic (exact) mass is 340 g/mol. The summed E-state index contributed by atoms with van der Waals surface area (Å²) in [4.78, 5) is 16.0. The molecule has 0 unspecified atom stereocenters. The first-order chi connectivity index (χ1) is 12.3. The summed E-state index contributed by atoms with van der Waals surface area (Å²) in [7, 11) is 1.54. The summed E-state index contributed by atoms with van der Waals surface area (Å²) in [5, 5.41) is 10.4. The van der Waals surface area contributed by atoms with Gasteiger partial charge in [0, 0.05) is 6.20 Å². The largest absolute Gasteiger partial charge is 0.493 e. The Kier molecular flexibility index (Phi) is 5.20. The fourth-order valence-corrected chi connectivity index (χ4v) is 2.02. The van der Waals surface area contributed by atoms with Gasteiger partial charge in [-0.2, -0.15) is 0 Å². The number of hydrogen-bond donors (Lipinski definition) is 1. The maximum Gasteiger partial charge on any atom is 0.266 e. The van der Waals surface area contributed by atoms with Gasteiger partial charge < -0.3 is 19.2 Å². The highest BCUT2D eigenvalue weighted by atomic mass is 16.5. The molecular formula is C17H16N4O4. The van der Waals surface area contributed by atoms with Crippen molar-refractivity contribution in [1.29, 1.82) is 0 Å². The van der Waals surface area contributed by atoms with E-state index in [-0.39, 0.29) is 24.9 Å². The average Bonchev–Trinajstić information content (AvgIpc) is 3.14. The number of pyridine rings is 1. The van der Waals surface area contributed by atoms with Gasteiger partial charge in [0.1, 0.15) is 5.69 Å². The van der Waals surface area contributed by atoms with Gasteiger partial charge in [-0.05, 0) is 24.3 Å². The van der Waals surface area contributed by atoms with Crippen LogP contribution in [0, 0.1) is 0 Å². The number of ether oxygens (including phenoxy) is 2. The number of carbonyl (C=O) groups excluding carboxylic acids is 1. The quantitative estimate of drug-likeness (QED) is 0.700. The molecule has 2 heterocycles. The molecule has 0 aliphatic heterocycles. The third kappa shape index (κ3) is 4.31. The summed E-state index contributed by atoms with van der Waals surface area (Å²) in [6, 6.07) is 12.5. The van der Waals surface area contributed by atoms with E-state index in [9.17, 15) is 4.79 Å². The molecule has 1 N–H and O–H groups in total. The lowest BCUT2D eigenvalue weighted by atomic mass is 10.3. The second-order valence-electron chi connectivity index (χ2n) is 4.93. The van der Waals surface area contributed by atoms with Crippen molar-refractivity contribution in [2.75, 3.05) is 13.7 Å². The summed E-state index contributed by atoms with van der Waals surface area (Å²) in [5.74, 6) is 1.33. The zero-order valence-electron chi connectivity index (χ0n) is 13.5. The molecule has 0 aliphatic rings. The number of nitrogens with one attached hydrogen (secondary N) is 1. The van der Waals surface area contributed by atoms with Gasteiger partial charge in [0.25, 0.3) is 11.8 Å². The number of nitrogens with zero attached hydrogens (tertiary/aromatic N) is 3. The summed E-state index contributed by atoms with van der Waals surface area (Å²) < 4.78 is 16.1. The molecule has 0 spiro atoms. The Morgan fingerprint density at radius 1 is 1.12 bits per heavy atom. The van der Waals surface area contributed by atoms with Crippen LogP contribution in [-0.2, 0) is 11.3 Å². The van der Waals surface area contributed by atoms with Gasteiger partial charge in [-0.3, -0.25) is 9.78 Å².